The Hall–Kier alpha value is -2.35. The van der Waals surface area contributed by atoms with E-state index in [2.05, 4.69) is 9.80 Å². The number of hydrogen-bond donors (Lipinski definition) is 0. The highest BCUT2D eigenvalue weighted by Crippen LogP contribution is 2.51. The highest BCUT2D eigenvalue weighted by Gasteiger charge is 2.48. The van der Waals surface area contributed by atoms with Gasteiger partial charge in [0.2, 0.25) is 0 Å². The molecule has 0 N–H and O–H groups in total. The molecule has 2 saturated heterocycles. The van der Waals surface area contributed by atoms with E-state index in [1.165, 1.54) is 12.8 Å². The van der Waals surface area contributed by atoms with Crippen molar-refractivity contribution in [1.82, 2.24) is 9.80 Å². The molecule has 2 heterocycles. The lowest BCUT2D eigenvalue weighted by atomic mass is 9.60. The Morgan fingerprint density at radius 2 is 1.61 bits per heavy atom. The number of carbonyl (C=O) groups excluding carboxylic acids is 1. The first-order chi connectivity index (χ1) is 14.6. The lowest BCUT2D eigenvalue weighted by Gasteiger charge is -2.56. The molecule has 170 valence electrons. The minimum atomic E-state index is -0.440. The molecule has 0 aromatic heterocycles. The second-order valence-electron chi connectivity index (χ2n) is 10.3. The van der Waals surface area contributed by atoms with E-state index >= 15 is 0 Å². The molecule has 2 aliphatic heterocycles. The number of anilines is 1. The van der Waals surface area contributed by atoms with Crippen molar-refractivity contribution in [1.29, 1.82) is 0 Å². The van der Waals surface area contributed by atoms with E-state index in [0.29, 0.717) is 11.5 Å². The standard InChI is InChI=1S/C23H34N4O4/c1-22(2,3)31-21(28)26-10-8-23(9-11-26)16-20(17-23)25-14-12-24(13-15-25)18-4-6-19(7-5-18)27(29)30/h4-7,20H,8-17H2,1-3H3. The molecule has 1 amide bonds. The van der Waals surface area contributed by atoms with Crippen LogP contribution in [0.15, 0.2) is 24.3 Å². The van der Waals surface area contributed by atoms with Crippen molar-refractivity contribution < 1.29 is 14.5 Å². The van der Waals surface area contributed by atoms with Crippen molar-refractivity contribution in [2.45, 2.75) is 58.1 Å². The third-order valence-electron chi connectivity index (χ3n) is 7.07. The van der Waals surface area contributed by atoms with Gasteiger partial charge in [0, 0.05) is 63.1 Å². The summed E-state index contributed by atoms with van der Waals surface area (Å²) in [4.78, 5) is 29.6. The summed E-state index contributed by atoms with van der Waals surface area (Å²) in [6.45, 7) is 11.3. The van der Waals surface area contributed by atoms with Crippen LogP contribution in [0.4, 0.5) is 16.2 Å². The summed E-state index contributed by atoms with van der Waals surface area (Å²) in [5.74, 6) is 0. The summed E-state index contributed by atoms with van der Waals surface area (Å²) in [7, 11) is 0. The average Bonchev–Trinajstić information content (AvgIpc) is 2.71. The molecule has 0 bridgehead atoms. The van der Waals surface area contributed by atoms with E-state index in [1.807, 2.05) is 37.8 Å². The molecule has 1 saturated carbocycles. The molecule has 1 aliphatic carbocycles. The maximum Gasteiger partial charge on any atom is 0.410 e. The first kappa shape index (κ1) is 21.9. The number of rotatable bonds is 3. The summed E-state index contributed by atoms with van der Waals surface area (Å²) in [6, 6.07) is 7.52. The fourth-order valence-corrected chi connectivity index (χ4v) is 5.23. The SMILES string of the molecule is CC(C)(C)OC(=O)N1CCC2(CC1)CC(N1CCN(c3ccc([N+](=O)[O-])cc3)CC1)C2. The summed E-state index contributed by atoms with van der Waals surface area (Å²) in [5, 5.41) is 10.8. The smallest absolute Gasteiger partial charge is 0.410 e. The average molecular weight is 431 g/mol. The van der Waals surface area contributed by atoms with Gasteiger partial charge in [0.05, 0.1) is 4.92 Å². The van der Waals surface area contributed by atoms with E-state index in [4.69, 9.17) is 4.74 Å². The molecule has 0 atom stereocenters. The Kier molecular flexibility index (Phi) is 5.85. The van der Waals surface area contributed by atoms with Crippen molar-refractivity contribution in [2.24, 2.45) is 5.41 Å². The number of nitro groups is 1. The first-order valence-electron chi connectivity index (χ1n) is 11.4. The van der Waals surface area contributed by atoms with Crippen LogP contribution < -0.4 is 4.90 Å². The molecule has 4 rings (SSSR count). The predicted octanol–water partition coefficient (Wildman–Crippen LogP) is 3.90. The van der Waals surface area contributed by atoms with Crippen LogP contribution in [-0.2, 0) is 4.74 Å². The van der Waals surface area contributed by atoms with Crippen LogP contribution in [0.5, 0.6) is 0 Å². The van der Waals surface area contributed by atoms with Crippen LogP contribution in [0.1, 0.15) is 46.5 Å². The number of piperidine rings is 1. The van der Waals surface area contributed by atoms with Gasteiger partial charge >= 0.3 is 6.09 Å². The number of nitrogens with zero attached hydrogens (tertiary/aromatic N) is 4. The summed E-state index contributed by atoms with van der Waals surface area (Å²) < 4.78 is 5.52. The molecular formula is C23H34N4O4. The fraction of sp³-hybridized carbons (Fsp3) is 0.696. The molecule has 3 fully saturated rings. The molecule has 8 nitrogen and oxygen atoms in total. The Morgan fingerprint density at radius 1 is 1.03 bits per heavy atom. The van der Waals surface area contributed by atoms with Crippen LogP contribution in [0.2, 0.25) is 0 Å². The lowest BCUT2D eigenvalue weighted by molar-refractivity contribution is -0.384. The Balaban J connectivity index is 1.21. The quantitative estimate of drug-likeness (QED) is 0.535. The largest absolute Gasteiger partial charge is 0.444 e. The van der Waals surface area contributed by atoms with Crippen LogP contribution in [0.25, 0.3) is 0 Å². The van der Waals surface area contributed by atoms with Gasteiger partial charge in [0.25, 0.3) is 5.69 Å². The Bertz CT molecular complexity index is 796. The molecule has 8 heteroatoms. The van der Waals surface area contributed by atoms with Crippen LogP contribution in [-0.4, -0.2) is 71.7 Å². The van der Waals surface area contributed by atoms with Gasteiger partial charge in [-0.2, -0.15) is 0 Å². The maximum absolute atomic E-state index is 12.3. The molecule has 0 radical (unpaired) electrons. The highest BCUT2D eigenvalue weighted by molar-refractivity contribution is 5.68. The van der Waals surface area contributed by atoms with Gasteiger partial charge in [-0.3, -0.25) is 15.0 Å². The van der Waals surface area contributed by atoms with Crippen molar-refractivity contribution in [3.8, 4) is 0 Å². The van der Waals surface area contributed by atoms with E-state index in [-0.39, 0.29) is 16.7 Å². The maximum atomic E-state index is 12.3. The highest BCUT2D eigenvalue weighted by atomic mass is 16.6. The zero-order valence-electron chi connectivity index (χ0n) is 18.9. The molecule has 0 unspecified atom stereocenters. The Morgan fingerprint density at radius 3 is 2.13 bits per heavy atom. The molecule has 31 heavy (non-hydrogen) atoms. The number of ether oxygens (including phenoxy) is 1. The van der Waals surface area contributed by atoms with E-state index in [9.17, 15) is 14.9 Å². The third-order valence-corrected chi connectivity index (χ3v) is 7.07. The normalized spacial score (nSPS) is 22.3. The number of amides is 1. The van der Waals surface area contributed by atoms with Gasteiger partial charge < -0.3 is 14.5 Å². The zero-order valence-corrected chi connectivity index (χ0v) is 18.9. The van der Waals surface area contributed by atoms with Gasteiger partial charge in [0.1, 0.15) is 5.60 Å². The lowest BCUT2D eigenvalue weighted by Crippen LogP contribution is -2.59. The summed E-state index contributed by atoms with van der Waals surface area (Å²) in [5.41, 5.74) is 1.16. The van der Waals surface area contributed by atoms with Gasteiger partial charge in [-0.1, -0.05) is 0 Å². The van der Waals surface area contributed by atoms with Crippen LogP contribution in [0.3, 0.4) is 0 Å². The minimum Gasteiger partial charge on any atom is -0.444 e. The number of non-ortho nitro benzene ring substituents is 1. The van der Waals surface area contributed by atoms with Gasteiger partial charge in [-0.15, -0.1) is 0 Å². The van der Waals surface area contributed by atoms with E-state index in [0.717, 1.165) is 57.8 Å². The number of hydrogen-bond acceptors (Lipinski definition) is 6. The van der Waals surface area contributed by atoms with Crippen molar-refractivity contribution in [2.75, 3.05) is 44.2 Å². The number of carbonyl (C=O) groups is 1. The van der Waals surface area contributed by atoms with Gasteiger partial charge in [-0.05, 0) is 64.0 Å². The second kappa shape index (κ2) is 8.30. The molecule has 1 aromatic carbocycles. The Labute approximate surface area is 184 Å². The van der Waals surface area contributed by atoms with E-state index in [1.54, 1.807) is 12.1 Å². The molecule has 1 spiro atoms. The number of benzene rings is 1. The second-order valence-corrected chi connectivity index (χ2v) is 10.3. The predicted molar refractivity (Wildman–Crippen MR) is 119 cm³/mol. The van der Waals surface area contributed by atoms with Crippen LogP contribution in [0, 0.1) is 15.5 Å². The van der Waals surface area contributed by atoms with E-state index < -0.39 is 5.60 Å². The van der Waals surface area contributed by atoms with Crippen LogP contribution >= 0.6 is 0 Å². The summed E-state index contributed by atoms with van der Waals surface area (Å²) >= 11 is 0. The van der Waals surface area contributed by atoms with Crippen molar-refractivity contribution in [3.05, 3.63) is 34.4 Å². The third kappa shape index (κ3) is 4.95. The number of nitro benzene ring substituents is 1. The first-order valence-corrected chi connectivity index (χ1v) is 11.4. The van der Waals surface area contributed by atoms with Crippen molar-refractivity contribution in [3.63, 3.8) is 0 Å². The van der Waals surface area contributed by atoms with Gasteiger partial charge in [-0.25, -0.2) is 4.79 Å². The molecular weight excluding hydrogens is 396 g/mol. The molecule has 3 aliphatic rings. The monoisotopic (exact) mass is 430 g/mol. The van der Waals surface area contributed by atoms with Crippen molar-refractivity contribution >= 4 is 17.5 Å². The zero-order chi connectivity index (χ0) is 22.2. The fourth-order valence-electron chi connectivity index (χ4n) is 5.23. The van der Waals surface area contributed by atoms with Gasteiger partial charge in [0.15, 0.2) is 0 Å². The minimum absolute atomic E-state index is 0.139. The molecule has 1 aromatic rings. The number of piperazine rings is 1. The number of likely N-dealkylation sites (tertiary alicyclic amines) is 1. The summed E-state index contributed by atoms with van der Waals surface area (Å²) in [6.07, 6.45) is 4.43. The topological polar surface area (TPSA) is 79.2 Å².